The highest BCUT2D eigenvalue weighted by atomic mass is 16.5. The maximum atomic E-state index is 10.8. The number of pyridine rings is 1. The Bertz CT molecular complexity index is 1300. The topological polar surface area (TPSA) is 117 Å². The third-order valence-corrected chi connectivity index (χ3v) is 5.23. The molecule has 4 rings (SSSR count). The van der Waals surface area contributed by atoms with Gasteiger partial charge in [-0.2, -0.15) is 5.10 Å². The Labute approximate surface area is 209 Å². The molecular formula is C28H26N4O4. The molecule has 0 aliphatic heterocycles. The summed E-state index contributed by atoms with van der Waals surface area (Å²) in [7, 11) is 0. The molecular weight excluding hydrogens is 456 g/mol. The number of hydrogen-bond donors (Lipinski definition) is 3. The number of aromatic nitrogens is 1. The van der Waals surface area contributed by atoms with E-state index >= 15 is 0 Å². The van der Waals surface area contributed by atoms with Gasteiger partial charge in [0, 0.05) is 18.2 Å². The molecule has 2 aromatic carbocycles. The summed E-state index contributed by atoms with van der Waals surface area (Å²) >= 11 is 0. The fourth-order valence-electron chi connectivity index (χ4n) is 3.44. The van der Waals surface area contributed by atoms with Gasteiger partial charge < -0.3 is 14.6 Å². The number of ether oxygens (including phenoxy) is 2. The van der Waals surface area contributed by atoms with E-state index in [1.807, 2.05) is 42.5 Å². The highest BCUT2D eigenvalue weighted by molar-refractivity contribution is 6.50. The first-order valence-corrected chi connectivity index (χ1v) is 11.5. The van der Waals surface area contributed by atoms with Gasteiger partial charge in [-0.3, -0.25) is 20.6 Å². The zero-order chi connectivity index (χ0) is 25.2. The van der Waals surface area contributed by atoms with Crippen LogP contribution in [0.4, 0.5) is 5.69 Å². The van der Waals surface area contributed by atoms with Crippen molar-refractivity contribution in [3.8, 4) is 22.8 Å². The molecule has 0 radical (unpaired) electrons. The van der Waals surface area contributed by atoms with Gasteiger partial charge in [0.2, 0.25) is 0 Å². The number of hydrazone groups is 1. The van der Waals surface area contributed by atoms with Crippen LogP contribution in [-0.4, -0.2) is 40.7 Å². The highest BCUT2D eigenvalue weighted by Crippen LogP contribution is 2.30. The van der Waals surface area contributed by atoms with Gasteiger partial charge in [0.25, 0.3) is 0 Å². The fraction of sp³-hybridized carbons (Fsp3) is 0.143. The Kier molecular flexibility index (Phi) is 8.22. The van der Waals surface area contributed by atoms with Gasteiger partial charge in [0.05, 0.1) is 36.7 Å². The first-order chi connectivity index (χ1) is 17.6. The average Bonchev–Trinajstić information content (AvgIpc) is 2.89. The summed E-state index contributed by atoms with van der Waals surface area (Å²) in [5.74, 6) is 0.442. The lowest BCUT2D eigenvalue weighted by molar-refractivity contribution is -0.136. The molecule has 0 spiro atoms. The van der Waals surface area contributed by atoms with Crippen molar-refractivity contribution in [3.63, 3.8) is 0 Å². The molecule has 8 nitrogen and oxygen atoms in total. The van der Waals surface area contributed by atoms with E-state index in [-0.39, 0.29) is 6.42 Å². The molecule has 0 unspecified atom stereocenters. The summed E-state index contributed by atoms with van der Waals surface area (Å²) in [5.41, 5.74) is 7.02. The largest absolute Gasteiger partial charge is 0.493 e. The van der Waals surface area contributed by atoms with Crippen LogP contribution in [0.2, 0.25) is 0 Å². The van der Waals surface area contributed by atoms with Crippen molar-refractivity contribution in [1.82, 2.24) is 4.98 Å². The van der Waals surface area contributed by atoms with Crippen molar-refractivity contribution in [2.75, 3.05) is 18.6 Å². The average molecular weight is 483 g/mol. The summed E-state index contributed by atoms with van der Waals surface area (Å²) in [4.78, 5) is 15.2. The SMILES string of the molecule is N=C1C=CC=C/C1=N/Nc1cc(-c2ccccn2)ccc1OCCCOc1ccc(CC(=O)O)cc1. The standard InChI is InChI=1S/C28H26N4O4/c29-23-6-1-2-8-25(23)31-32-26-19-21(24-7-3-4-15-30-24)11-14-27(26)36-17-5-16-35-22-12-9-20(10-13-22)18-28(33)34/h1-4,6-15,19,29,32H,5,16-18H2,(H,33,34)/b29-23?,31-25-. The van der Waals surface area contributed by atoms with Crippen LogP contribution in [0.15, 0.2) is 96.3 Å². The Balaban J connectivity index is 1.38. The van der Waals surface area contributed by atoms with E-state index in [4.69, 9.17) is 20.0 Å². The summed E-state index contributed by atoms with van der Waals surface area (Å²) in [5, 5.41) is 21.3. The Morgan fingerprint density at radius 3 is 2.56 bits per heavy atom. The van der Waals surface area contributed by atoms with Crippen LogP contribution < -0.4 is 14.9 Å². The van der Waals surface area contributed by atoms with Gasteiger partial charge in [-0.25, -0.2) is 0 Å². The van der Waals surface area contributed by atoms with Crippen molar-refractivity contribution in [1.29, 1.82) is 5.41 Å². The second-order valence-electron chi connectivity index (χ2n) is 7.93. The van der Waals surface area contributed by atoms with E-state index in [2.05, 4.69) is 15.5 Å². The molecule has 8 heteroatoms. The molecule has 0 atom stereocenters. The number of aliphatic carboxylic acids is 1. The fourth-order valence-corrected chi connectivity index (χ4v) is 3.44. The normalized spacial score (nSPS) is 13.6. The summed E-state index contributed by atoms with van der Waals surface area (Å²) in [6, 6.07) is 18.5. The molecule has 1 aliphatic rings. The zero-order valence-electron chi connectivity index (χ0n) is 19.6. The van der Waals surface area contributed by atoms with Crippen LogP contribution in [0.3, 0.4) is 0 Å². The van der Waals surface area contributed by atoms with Crippen LogP contribution in [0, 0.1) is 5.41 Å². The van der Waals surface area contributed by atoms with Crippen molar-refractivity contribution >= 4 is 23.1 Å². The summed E-state index contributed by atoms with van der Waals surface area (Å²) < 4.78 is 11.8. The van der Waals surface area contributed by atoms with Crippen LogP contribution in [-0.2, 0) is 11.2 Å². The first kappa shape index (κ1) is 24.4. The number of carboxylic acid groups (broad SMARTS) is 1. The second kappa shape index (κ2) is 12.1. The van der Waals surface area contributed by atoms with Crippen molar-refractivity contribution in [2.24, 2.45) is 5.10 Å². The first-order valence-electron chi connectivity index (χ1n) is 11.5. The third-order valence-electron chi connectivity index (χ3n) is 5.23. The molecule has 3 aromatic rings. The Morgan fingerprint density at radius 2 is 1.81 bits per heavy atom. The van der Waals surface area contributed by atoms with Crippen LogP contribution in [0.25, 0.3) is 11.3 Å². The molecule has 0 amide bonds. The number of nitrogens with one attached hydrogen (secondary N) is 2. The van der Waals surface area contributed by atoms with Crippen LogP contribution >= 0.6 is 0 Å². The predicted octanol–water partition coefficient (Wildman–Crippen LogP) is 5.14. The summed E-state index contributed by atoms with van der Waals surface area (Å²) in [6.07, 6.45) is 9.46. The lowest BCUT2D eigenvalue weighted by Crippen LogP contribution is -2.12. The molecule has 1 aromatic heterocycles. The van der Waals surface area contributed by atoms with Crippen molar-refractivity contribution < 1.29 is 19.4 Å². The molecule has 0 fully saturated rings. The lowest BCUT2D eigenvalue weighted by atomic mass is 10.1. The monoisotopic (exact) mass is 482 g/mol. The van der Waals surface area contributed by atoms with Crippen LogP contribution in [0.5, 0.6) is 11.5 Å². The number of benzene rings is 2. The number of carbonyl (C=O) groups is 1. The maximum absolute atomic E-state index is 10.8. The van der Waals surface area contributed by atoms with E-state index < -0.39 is 5.97 Å². The van der Waals surface area contributed by atoms with Gasteiger partial charge >= 0.3 is 5.97 Å². The smallest absolute Gasteiger partial charge is 0.307 e. The van der Waals surface area contributed by atoms with Crippen LogP contribution in [0.1, 0.15) is 12.0 Å². The number of nitrogens with zero attached hydrogens (tertiary/aromatic N) is 2. The van der Waals surface area contributed by atoms with Gasteiger partial charge in [0.1, 0.15) is 17.2 Å². The Morgan fingerprint density at radius 1 is 1.00 bits per heavy atom. The second-order valence-corrected chi connectivity index (χ2v) is 7.93. The molecule has 1 aliphatic carbocycles. The molecule has 1 heterocycles. The van der Waals surface area contributed by atoms with Gasteiger partial charge in [0.15, 0.2) is 0 Å². The lowest BCUT2D eigenvalue weighted by Gasteiger charge is -2.14. The zero-order valence-corrected chi connectivity index (χ0v) is 19.6. The number of anilines is 1. The number of hydrogen-bond acceptors (Lipinski definition) is 7. The number of carboxylic acids is 1. The number of allylic oxidation sites excluding steroid dienone is 4. The minimum atomic E-state index is -0.862. The van der Waals surface area contributed by atoms with Gasteiger partial charge in [-0.05, 0) is 60.2 Å². The molecule has 0 saturated heterocycles. The van der Waals surface area contributed by atoms with E-state index in [1.165, 1.54) is 0 Å². The van der Waals surface area contributed by atoms with E-state index in [1.54, 1.807) is 48.7 Å². The minimum absolute atomic E-state index is 0.0106. The van der Waals surface area contributed by atoms with Crippen molar-refractivity contribution in [2.45, 2.75) is 12.8 Å². The van der Waals surface area contributed by atoms with E-state index in [9.17, 15) is 4.79 Å². The molecule has 36 heavy (non-hydrogen) atoms. The third kappa shape index (κ3) is 6.89. The van der Waals surface area contributed by atoms with Gasteiger partial charge in [-0.15, -0.1) is 0 Å². The molecule has 182 valence electrons. The molecule has 0 bridgehead atoms. The highest BCUT2D eigenvalue weighted by Gasteiger charge is 2.09. The Hall–Kier alpha value is -4.72. The number of rotatable bonds is 11. The molecule has 3 N–H and O–H groups in total. The maximum Gasteiger partial charge on any atom is 0.307 e. The van der Waals surface area contributed by atoms with E-state index in [0.29, 0.717) is 48.2 Å². The summed E-state index contributed by atoms with van der Waals surface area (Å²) in [6.45, 7) is 0.868. The minimum Gasteiger partial charge on any atom is -0.493 e. The van der Waals surface area contributed by atoms with Crippen molar-refractivity contribution in [3.05, 3.63) is 96.7 Å². The van der Waals surface area contributed by atoms with E-state index in [0.717, 1.165) is 16.8 Å². The molecule has 0 saturated carbocycles. The quantitative estimate of drug-likeness (QED) is 0.198. The predicted molar refractivity (Wildman–Crippen MR) is 140 cm³/mol. The van der Waals surface area contributed by atoms with Gasteiger partial charge in [-0.1, -0.05) is 30.4 Å².